The van der Waals surface area contributed by atoms with Gasteiger partial charge in [-0.1, -0.05) is 6.07 Å². The zero-order valence-electron chi connectivity index (χ0n) is 13.6. The number of rotatable bonds is 4. The highest BCUT2D eigenvalue weighted by atomic mass is 15.2. The predicted molar refractivity (Wildman–Crippen MR) is 88.9 cm³/mol. The lowest BCUT2D eigenvalue weighted by molar-refractivity contribution is 0.177. The summed E-state index contributed by atoms with van der Waals surface area (Å²) in [5, 5.41) is 3.71. The van der Waals surface area contributed by atoms with Crippen LogP contribution in [0.15, 0.2) is 18.2 Å². The maximum atomic E-state index is 3.71. The Balaban J connectivity index is 1.96. The lowest BCUT2D eigenvalue weighted by atomic mass is 10.0. The lowest BCUT2D eigenvalue weighted by Crippen LogP contribution is -2.42. The highest BCUT2D eigenvalue weighted by Crippen LogP contribution is 2.24. The highest BCUT2D eigenvalue weighted by Gasteiger charge is 2.20. The second-order valence-electron chi connectivity index (χ2n) is 6.44. The summed E-state index contributed by atoms with van der Waals surface area (Å²) in [5.74, 6) is 0. The Bertz CT molecular complexity index is 432. The molecular weight excluding hydrogens is 246 g/mol. The van der Waals surface area contributed by atoms with Crippen molar-refractivity contribution in [2.24, 2.45) is 0 Å². The molecule has 0 aromatic heterocycles. The Hall–Kier alpha value is -1.22. The van der Waals surface area contributed by atoms with Gasteiger partial charge in [0.15, 0.2) is 0 Å². The van der Waals surface area contributed by atoms with E-state index in [4.69, 9.17) is 0 Å². The molecule has 1 aliphatic heterocycles. The van der Waals surface area contributed by atoms with Crippen molar-refractivity contribution in [2.75, 3.05) is 37.4 Å². The molecule has 1 aromatic carbocycles. The molecule has 1 aromatic rings. The molecule has 0 unspecified atom stereocenters. The zero-order valence-corrected chi connectivity index (χ0v) is 13.6. The van der Waals surface area contributed by atoms with Crippen molar-refractivity contribution >= 4 is 11.4 Å². The summed E-state index contributed by atoms with van der Waals surface area (Å²) >= 11 is 0. The van der Waals surface area contributed by atoms with E-state index in [1.165, 1.54) is 42.9 Å². The average molecular weight is 275 g/mol. The third-order valence-corrected chi connectivity index (χ3v) is 4.32. The van der Waals surface area contributed by atoms with Crippen LogP contribution in [-0.4, -0.2) is 44.2 Å². The van der Waals surface area contributed by atoms with Crippen molar-refractivity contribution < 1.29 is 0 Å². The monoisotopic (exact) mass is 275 g/mol. The quantitative estimate of drug-likeness (QED) is 0.909. The first-order valence-electron chi connectivity index (χ1n) is 7.76. The molecule has 0 saturated carbocycles. The highest BCUT2D eigenvalue weighted by molar-refractivity contribution is 5.62. The van der Waals surface area contributed by atoms with Gasteiger partial charge < -0.3 is 15.1 Å². The van der Waals surface area contributed by atoms with Crippen LogP contribution in [0.25, 0.3) is 0 Å². The van der Waals surface area contributed by atoms with Crippen molar-refractivity contribution in [1.29, 1.82) is 0 Å². The van der Waals surface area contributed by atoms with E-state index >= 15 is 0 Å². The molecule has 1 saturated heterocycles. The van der Waals surface area contributed by atoms with Crippen LogP contribution in [0.1, 0.15) is 32.3 Å². The largest absolute Gasteiger partial charge is 0.382 e. The van der Waals surface area contributed by atoms with Crippen LogP contribution in [0.4, 0.5) is 11.4 Å². The average Bonchev–Trinajstić information content (AvgIpc) is 2.41. The summed E-state index contributed by atoms with van der Waals surface area (Å²) in [7, 11) is 4.21. The third-order valence-electron chi connectivity index (χ3n) is 4.32. The van der Waals surface area contributed by atoms with Crippen molar-refractivity contribution in [2.45, 2.75) is 45.7 Å². The number of aryl methyl sites for hydroxylation is 1. The van der Waals surface area contributed by atoms with Crippen LogP contribution in [0.2, 0.25) is 0 Å². The van der Waals surface area contributed by atoms with E-state index in [0.717, 1.165) is 0 Å². The van der Waals surface area contributed by atoms with Gasteiger partial charge in [-0.3, -0.25) is 0 Å². The summed E-state index contributed by atoms with van der Waals surface area (Å²) in [6.45, 7) is 9.16. The molecule has 112 valence electrons. The number of piperidine rings is 1. The van der Waals surface area contributed by atoms with Crippen molar-refractivity contribution in [1.82, 2.24) is 4.90 Å². The van der Waals surface area contributed by atoms with E-state index in [9.17, 15) is 0 Å². The molecule has 0 spiro atoms. The minimum absolute atomic E-state index is 0.614. The van der Waals surface area contributed by atoms with Crippen LogP contribution in [0, 0.1) is 6.92 Å². The van der Waals surface area contributed by atoms with Crippen molar-refractivity contribution in [3.63, 3.8) is 0 Å². The van der Waals surface area contributed by atoms with Gasteiger partial charge in [0.25, 0.3) is 0 Å². The number of nitrogens with zero attached hydrogens (tertiary/aromatic N) is 2. The maximum Gasteiger partial charge on any atom is 0.0411 e. The summed E-state index contributed by atoms with van der Waals surface area (Å²) in [6.07, 6.45) is 2.48. The van der Waals surface area contributed by atoms with Gasteiger partial charge in [0.2, 0.25) is 0 Å². The first kappa shape index (κ1) is 15.2. The van der Waals surface area contributed by atoms with Crippen LogP contribution in [-0.2, 0) is 0 Å². The Morgan fingerprint density at radius 2 is 1.85 bits per heavy atom. The Morgan fingerprint density at radius 3 is 2.40 bits per heavy atom. The van der Waals surface area contributed by atoms with Gasteiger partial charge in [0.1, 0.15) is 0 Å². The maximum absolute atomic E-state index is 3.71. The topological polar surface area (TPSA) is 18.5 Å². The van der Waals surface area contributed by atoms with Crippen LogP contribution in [0.3, 0.4) is 0 Å². The van der Waals surface area contributed by atoms with E-state index in [2.05, 4.69) is 68.2 Å². The SMILES string of the molecule is Cc1ccc(NC2CCN(C(C)C)CC2)cc1N(C)C. The van der Waals surface area contributed by atoms with Gasteiger partial charge in [-0.25, -0.2) is 0 Å². The number of likely N-dealkylation sites (tertiary alicyclic amines) is 1. The molecule has 1 fully saturated rings. The van der Waals surface area contributed by atoms with E-state index in [1.807, 2.05) is 0 Å². The van der Waals surface area contributed by atoms with Gasteiger partial charge in [-0.05, 0) is 51.3 Å². The molecule has 0 amide bonds. The molecule has 3 heteroatoms. The number of benzene rings is 1. The fourth-order valence-electron chi connectivity index (χ4n) is 2.98. The van der Waals surface area contributed by atoms with E-state index < -0.39 is 0 Å². The molecule has 0 atom stereocenters. The van der Waals surface area contributed by atoms with E-state index in [0.29, 0.717) is 12.1 Å². The lowest BCUT2D eigenvalue weighted by Gasteiger charge is -2.35. The smallest absolute Gasteiger partial charge is 0.0411 e. The Labute approximate surface area is 124 Å². The zero-order chi connectivity index (χ0) is 14.7. The second kappa shape index (κ2) is 6.49. The minimum Gasteiger partial charge on any atom is -0.382 e. The molecular formula is C17H29N3. The van der Waals surface area contributed by atoms with Gasteiger partial charge in [0, 0.05) is 50.6 Å². The normalized spacial score (nSPS) is 17.5. The fraction of sp³-hybridized carbons (Fsp3) is 0.647. The number of hydrogen-bond acceptors (Lipinski definition) is 3. The molecule has 1 N–H and O–H groups in total. The number of hydrogen-bond donors (Lipinski definition) is 1. The van der Waals surface area contributed by atoms with Gasteiger partial charge in [-0.2, -0.15) is 0 Å². The van der Waals surface area contributed by atoms with Crippen molar-refractivity contribution in [3.8, 4) is 0 Å². The molecule has 0 bridgehead atoms. The molecule has 0 aliphatic carbocycles. The second-order valence-corrected chi connectivity index (χ2v) is 6.44. The first-order chi connectivity index (χ1) is 9.47. The summed E-state index contributed by atoms with van der Waals surface area (Å²) in [5.41, 5.74) is 3.88. The standard InChI is InChI=1S/C17H29N3/c1-13(2)20-10-8-15(9-11-20)18-16-7-6-14(3)17(12-16)19(4)5/h6-7,12-13,15,18H,8-11H2,1-5H3. The molecule has 3 nitrogen and oxygen atoms in total. The minimum atomic E-state index is 0.614. The number of nitrogens with one attached hydrogen (secondary N) is 1. The van der Waals surface area contributed by atoms with Gasteiger partial charge >= 0.3 is 0 Å². The fourth-order valence-corrected chi connectivity index (χ4v) is 2.98. The van der Waals surface area contributed by atoms with E-state index in [1.54, 1.807) is 0 Å². The molecule has 1 heterocycles. The Kier molecular flexibility index (Phi) is 4.92. The molecule has 20 heavy (non-hydrogen) atoms. The molecule has 0 radical (unpaired) electrons. The summed E-state index contributed by atoms with van der Waals surface area (Å²) < 4.78 is 0. The number of anilines is 2. The van der Waals surface area contributed by atoms with Crippen molar-refractivity contribution in [3.05, 3.63) is 23.8 Å². The first-order valence-corrected chi connectivity index (χ1v) is 7.76. The van der Waals surface area contributed by atoms with Crippen LogP contribution < -0.4 is 10.2 Å². The van der Waals surface area contributed by atoms with Crippen LogP contribution in [0.5, 0.6) is 0 Å². The van der Waals surface area contributed by atoms with Crippen LogP contribution >= 0.6 is 0 Å². The Morgan fingerprint density at radius 1 is 1.20 bits per heavy atom. The van der Waals surface area contributed by atoms with E-state index in [-0.39, 0.29) is 0 Å². The summed E-state index contributed by atoms with van der Waals surface area (Å²) in [4.78, 5) is 4.75. The molecule has 2 rings (SSSR count). The van der Waals surface area contributed by atoms with Gasteiger partial charge in [-0.15, -0.1) is 0 Å². The summed E-state index contributed by atoms with van der Waals surface area (Å²) in [6, 6.07) is 7.97. The van der Waals surface area contributed by atoms with Gasteiger partial charge in [0.05, 0.1) is 0 Å². The third kappa shape index (κ3) is 3.66. The predicted octanol–water partition coefficient (Wildman–Crippen LogP) is 3.35. The molecule has 1 aliphatic rings.